The predicted molar refractivity (Wildman–Crippen MR) is 102 cm³/mol. The first-order valence-electron chi connectivity index (χ1n) is 8.62. The van der Waals surface area contributed by atoms with Gasteiger partial charge in [-0.15, -0.1) is 0 Å². The summed E-state index contributed by atoms with van der Waals surface area (Å²) in [6, 6.07) is 6.69. The van der Waals surface area contributed by atoms with Crippen LogP contribution in [-0.2, 0) is 0 Å². The van der Waals surface area contributed by atoms with Crippen molar-refractivity contribution >= 4 is 33.8 Å². The zero-order valence-corrected chi connectivity index (χ0v) is 15.4. The molecule has 0 amide bonds. The number of aromatic nitrogens is 2. The Hall–Kier alpha value is -1.75. The monoisotopic (exact) mass is 340 g/mol. The molecule has 2 unspecified atom stereocenters. The average Bonchev–Trinajstić information content (AvgIpc) is 2.77. The van der Waals surface area contributed by atoms with Crippen LogP contribution in [0.1, 0.15) is 40.0 Å². The molecule has 1 aromatic carbocycles. The highest BCUT2D eigenvalue weighted by molar-refractivity contribution is 7.80. The van der Waals surface area contributed by atoms with Crippen molar-refractivity contribution in [3.05, 3.63) is 30.6 Å². The number of benzene rings is 1. The zero-order valence-electron chi connectivity index (χ0n) is 14.5. The molecule has 5 heteroatoms. The summed E-state index contributed by atoms with van der Waals surface area (Å²) in [7, 11) is 0. The summed E-state index contributed by atoms with van der Waals surface area (Å²) < 4.78 is 0. The van der Waals surface area contributed by atoms with Crippen molar-refractivity contribution in [3.8, 4) is 0 Å². The average molecular weight is 340 g/mol. The summed E-state index contributed by atoms with van der Waals surface area (Å²) in [5.74, 6) is 0. The third-order valence-electron chi connectivity index (χ3n) is 5.51. The van der Waals surface area contributed by atoms with Gasteiger partial charge in [0.05, 0.1) is 12.4 Å². The van der Waals surface area contributed by atoms with E-state index in [1.807, 2.05) is 12.1 Å². The smallest absolute Gasteiger partial charge is 0.173 e. The SMILES string of the molecule is CC1(C)CC2CC(C)(CN2C(=S)Nc2cccc3cnncc23)C1. The van der Waals surface area contributed by atoms with Gasteiger partial charge in [0, 0.05) is 29.0 Å². The Bertz CT molecular complexity index is 798. The Morgan fingerprint density at radius 2 is 2.00 bits per heavy atom. The zero-order chi connectivity index (χ0) is 16.9. The fraction of sp³-hybridized carbons (Fsp3) is 0.526. The van der Waals surface area contributed by atoms with Crippen LogP contribution in [0.25, 0.3) is 10.8 Å². The Balaban J connectivity index is 1.59. The molecule has 1 aromatic heterocycles. The van der Waals surface area contributed by atoms with E-state index in [1.54, 1.807) is 12.4 Å². The summed E-state index contributed by atoms with van der Waals surface area (Å²) >= 11 is 5.79. The lowest BCUT2D eigenvalue weighted by Crippen LogP contribution is -2.40. The predicted octanol–water partition coefficient (Wildman–Crippen LogP) is 4.23. The van der Waals surface area contributed by atoms with Gasteiger partial charge in [0.2, 0.25) is 0 Å². The third kappa shape index (κ3) is 2.75. The van der Waals surface area contributed by atoms with Gasteiger partial charge < -0.3 is 10.2 Å². The van der Waals surface area contributed by atoms with Gasteiger partial charge in [-0.25, -0.2) is 0 Å². The van der Waals surface area contributed by atoms with E-state index in [2.05, 4.69) is 47.3 Å². The summed E-state index contributed by atoms with van der Waals surface area (Å²) in [5, 5.41) is 14.4. The van der Waals surface area contributed by atoms with Gasteiger partial charge in [-0.05, 0) is 48.4 Å². The van der Waals surface area contributed by atoms with Crippen LogP contribution in [0, 0.1) is 10.8 Å². The highest BCUT2D eigenvalue weighted by Gasteiger charge is 2.50. The van der Waals surface area contributed by atoms with Gasteiger partial charge in [0.1, 0.15) is 0 Å². The van der Waals surface area contributed by atoms with E-state index in [-0.39, 0.29) is 0 Å². The lowest BCUT2D eigenvalue weighted by Gasteiger charge is -2.39. The maximum atomic E-state index is 5.79. The summed E-state index contributed by atoms with van der Waals surface area (Å²) in [6.07, 6.45) is 7.33. The Morgan fingerprint density at radius 1 is 1.21 bits per heavy atom. The molecule has 2 aliphatic rings. The first-order chi connectivity index (χ1) is 11.4. The van der Waals surface area contributed by atoms with Crippen LogP contribution in [-0.4, -0.2) is 32.8 Å². The molecule has 2 heterocycles. The summed E-state index contributed by atoms with van der Waals surface area (Å²) in [5.41, 5.74) is 1.79. The Labute approximate surface area is 148 Å². The molecule has 4 rings (SSSR count). The fourth-order valence-corrected chi connectivity index (χ4v) is 5.34. The standard InChI is InChI=1S/C19H24N4S/c1-18(2)7-14-8-19(3,11-18)12-23(14)17(24)22-16-6-4-5-13-9-20-21-10-15(13)16/h4-6,9-10,14H,7-8,11-12H2,1-3H3,(H,22,24). The molecule has 1 aliphatic heterocycles. The highest BCUT2D eigenvalue weighted by atomic mass is 32.1. The van der Waals surface area contributed by atoms with Crippen molar-refractivity contribution in [3.63, 3.8) is 0 Å². The van der Waals surface area contributed by atoms with Crippen LogP contribution >= 0.6 is 12.2 Å². The van der Waals surface area contributed by atoms with Crippen LogP contribution in [0.4, 0.5) is 5.69 Å². The molecule has 1 N–H and O–H groups in total. The van der Waals surface area contributed by atoms with Crippen molar-refractivity contribution in [1.29, 1.82) is 0 Å². The second-order valence-electron chi connectivity index (χ2n) is 8.57. The van der Waals surface area contributed by atoms with Crippen LogP contribution < -0.4 is 5.32 Å². The molecule has 24 heavy (non-hydrogen) atoms. The number of rotatable bonds is 1. The quantitative estimate of drug-likeness (QED) is 0.787. The van der Waals surface area contributed by atoms with Crippen LogP contribution in [0.15, 0.2) is 30.6 Å². The minimum atomic E-state index is 0.377. The summed E-state index contributed by atoms with van der Waals surface area (Å²) in [6.45, 7) is 8.25. The molecule has 1 aliphatic carbocycles. The van der Waals surface area contributed by atoms with Crippen molar-refractivity contribution in [2.75, 3.05) is 11.9 Å². The minimum absolute atomic E-state index is 0.377. The largest absolute Gasteiger partial charge is 0.345 e. The number of hydrogen-bond donors (Lipinski definition) is 1. The van der Waals surface area contributed by atoms with Gasteiger partial charge in [0.15, 0.2) is 5.11 Å². The molecular formula is C19H24N4S. The van der Waals surface area contributed by atoms with E-state index in [4.69, 9.17) is 12.2 Å². The maximum Gasteiger partial charge on any atom is 0.173 e. The lowest BCUT2D eigenvalue weighted by atomic mass is 9.65. The Kier molecular flexibility index (Phi) is 3.53. The molecule has 1 saturated heterocycles. The van der Waals surface area contributed by atoms with E-state index in [0.29, 0.717) is 16.9 Å². The molecule has 2 atom stereocenters. The van der Waals surface area contributed by atoms with Crippen molar-refractivity contribution < 1.29 is 0 Å². The molecule has 0 spiro atoms. The number of likely N-dealkylation sites (tertiary alicyclic amines) is 1. The van der Waals surface area contributed by atoms with Crippen molar-refractivity contribution in [2.45, 2.75) is 46.1 Å². The van der Waals surface area contributed by atoms with E-state index in [1.165, 1.54) is 19.3 Å². The molecular weight excluding hydrogens is 316 g/mol. The normalized spacial score (nSPS) is 28.1. The fourth-order valence-electron chi connectivity index (χ4n) is 5.02. The molecule has 2 fully saturated rings. The number of hydrogen-bond acceptors (Lipinski definition) is 3. The molecule has 1 saturated carbocycles. The topological polar surface area (TPSA) is 41.0 Å². The summed E-state index contributed by atoms with van der Waals surface area (Å²) in [4.78, 5) is 2.41. The molecule has 2 bridgehead atoms. The molecule has 2 aromatic rings. The number of thiocarbonyl (C=S) groups is 1. The first-order valence-corrected chi connectivity index (χ1v) is 9.03. The van der Waals surface area contributed by atoms with E-state index in [0.717, 1.165) is 28.1 Å². The number of fused-ring (bicyclic) bond motifs is 3. The number of anilines is 1. The lowest BCUT2D eigenvalue weighted by molar-refractivity contribution is 0.132. The van der Waals surface area contributed by atoms with E-state index >= 15 is 0 Å². The van der Waals surface area contributed by atoms with Gasteiger partial charge in [-0.1, -0.05) is 32.9 Å². The van der Waals surface area contributed by atoms with Crippen molar-refractivity contribution in [2.24, 2.45) is 10.8 Å². The number of nitrogens with one attached hydrogen (secondary N) is 1. The third-order valence-corrected chi connectivity index (χ3v) is 5.84. The van der Waals surface area contributed by atoms with E-state index in [9.17, 15) is 0 Å². The van der Waals surface area contributed by atoms with Crippen LogP contribution in [0.5, 0.6) is 0 Å². The van der Waals surface area contributed by atoms with Crippen molar-refractivity contribution in [1.82, 2.24) is 15.1 Å². The maximum absolute atomic E-state index is 5.79. The van der Waals surface area contributed by atoms with Gasteiger partial charge in [-0.2, -0.15) is 10.2 Å². The second-order valence-corrected chi connectivity index (χ2v) is 8.96. The molecule has 126 valence electrons. The van der Waals surface area contributed by atoms with Crippen LogP contribution in [0.3, 0.4) is 0 Å². The van der Waals surface area contributed by atoms with E-state index < -0.39 is 0 Å². The highest BCUT2D eigenvalue weighted by Crippen LogP contribution is 2.52. The Morgan fingerprint density at radius 3 is 2.83 bits per heavy atom. The molecule has 0 radical (unpaired) electrons. The minimum Gasteiger partial charge on any atom is -0.345 e. The van der Waals surface area contributed by atoms with Gasteiger partial charge >= 0.3 is 0 Å². The first kappa shape index (κ1) is 15.8. The van der Waals surface area contributed by atoms with Gasteiger partial charge in [-0.3, -0.25) is 0 Å². The number of nitrogens with zero attached hydrogens (tertiary/aromatic N) is 3. The van der Waals surface area contributed by atoms with Gasteiger partial charge in [0.25, 0.3) is 0 Å². The second kappa shape index (κ2) is 5.38. The molecule has 4 nitrogen and oxygen atoms in total. The van der Waals surface area contributed by atoms with Crippen LogP contribution in [0.2, 0.25) is 0 Å².